The fraction of sp³-hybridized carbons (Fsp3) is 0.500. The molecule has 5 nitrogen and oxygen atoms in total. The predicted molar refractivity (Wildman–Crippen MR) is 140 cm³/mol. The molecule has 3 unspecified atom stereocenters. The highest BCUT2D eigenvalue weighted by Gasteiger charge is 2.29. The molecule has 3 rings (SSSR count). The number of rotatable bonds is 10. The minimum absolute atomic E-state index is 0. The lowest BCUT2D eigenvalue weighted by Crippen LogP contribution is -2.48. The molecule has 0 amide bonds. The van der Waals surface area contributed by atoms with Crippen LogP contribution in [0.15, 0.2) is 36.4 Å². The van der Waals surface area contributed by atoms with Gasteiger partial charge in [-0.2, -0.15) is 0 Å². The maximum absolute atomic E-state index is 11.3. The zero-order valence-electron chi connectivity index (χ0n) is 20.0. The molecule has 0 fully saturated rings. The summed E-state index contributed by atoms with van der Waals surface area (Å²) >= 11 is 12.6. The number of carboxylic acid groups (broad SMARTS) is 1. The minimum Gasteiger partial charge on any atom is -0.486 e. The number of nitrogens with one attached hydrogen (secondary N) is 1. The van der Waals surface area contributed by atoms with Crippen molar-refractivity contribution >= 4 is 41.6 Å². The molecule has 0 spiro atoms. The highest BCUT2D eigenvalue weighted by Crippen LogP contribution is 2.38. The third-order valence-corrected chi connectivity index (χ3v) is 7.37. The van der Waals surface area contributed by atoms with Crippen molar-refractivity contribution in [3.05, 3.63) is 63.1 Å². The molecule has 0 saturated heterocycles. The lowest BCUT2D eigenvalue weighted by atomic mass is 9.88. The first-order chi connectivity index (χ1) is 15.5. The average molecular weight is 531 g/mol. The number of aliphatic hydroxyl groups excluding tert-OH is 1. The van der Waals surface area contributed by atoms with Crippen LogP contribution < -0.4 is 10.1 Å². The lowest BCUT2D eigenvalue weighted by molar-refractivity contribution is -0.138. The van der Waals surface area contributed by atoms with E-state index < -0.39 is 24.1 Å². The number of β-amino-alcohol motifs (C(OH)–C–C–N with tert-alkyl or cyclic N) is 1. The molecule has 0 bridgehead atoms. The number of aliphatic carboxylic acids is 1. The van der Waals surface area contributed by atoms with Crippen molar-refractivity contribution in [2.24, 2.45) is 5.92 Å². The monoisotopic (exact) mass is 529 g/mol. The molecule has 0 aromatic heterocycles. The van der Waals surface area contributed by atoms with Crippen molar-refractivity contribution in [2.45, 2.75) is 70.6 Å². The Kier molecular flexibility index (Phi) is 10.1. The molecule has 34 heavy (non-hydrogen) atoms. The SMILES string of the molecule is CC(C(=O)O)c1ccc(OC(C)C(O)CNC(C)(C)CC2Cc3ccccc3C2)c(Cl)c1Cl.Cl. The first-order valence-electron chi connectivity index (χ1n) is 11.4. The molecule has 3 N–H and O–H groups in total. The molecule has 188 valence electrons. The normalized spacial score (nSPS) is 16.3. The van der Waals surface area contributed by atoms with Gasteiger partial charge in [-0.1, -0.05) is 53.5 Å². The predicted octanol–water partition coefficient (Wildman–Crippen LogP) is 5.90. The van der Waals surface area contributed by atoms with E-state index in [0.717, 1.165) is 19.3 Å². The smallest absolute Gasteiger partial charge is 0.310 e. The van der Waals surface area contributed by atoms with E-state index in [9.17, 15) is 15.0 Å². The van der Waals surface area contributed by atoms with Gasteiger partial charge in [-0.15, -0.1) is 12.4 Å². The van der Waals surface area contributed by atoms with Crippen LogP contribution in [0.4, 0.5) is 0 Å². The van der Waals surface area contributed by atoms with E-state index in [2.05, 4.69) is 43.4 Å². The Hall–Kier alpha value is -1.50. The van der Waals surface area contributed by atoms with Crippen molar-refractivity contribution < 1.29 is 19.7 Å². The Bertz CT molecular complexity index is 973. The summed E-state index contributed by atoms with van der Waals surface area (Å²) < 4.78 is 5.87. The maximum Gasteiger partial charge on any atom is 0.310 e. The van der Waals surface area contributed by atoms with Gasteiger partial charge in [0.1, 0.15) is 23.0 Å². The number of fused-ring (bicyclic) bond motifs is 1. The van der Waals surface area contributed by atoms with Gasteiger partial charge in [0.25, 0.3) is 0 Å². The zero-order valence-corrected chi connectivity index (χ0v) is 22.3. The van der Waals surface area contributed by atoms with Gasteiger partial charge in [0, 0.05) is 12.1 Å². The van der Waals surface area contributed by atoms with Crippen molar-refractivity contribution in [1.82, 2.24) is 5.32 Å². The number of halogens is 3. The number of carbonyl (C=O) groups is 1. The second kappa shape index (κ2) is 12.0. The zero-order chi connectivity index (χ0) is 24.3. The third kappa shape index (κ3) is 7.02. The highest BCUT2D eigenvalue weighted by atomic mass is 35.5. The molecule has 0 aliphatic heterocycles. The van der Waals surface area contributed by atoms with Gasteiger partial charge in [-0.25, -0.2) is 0 Å². The summed E-state index contributed by atoms with van der Waals surface area (Å²) in [4.78, 5) is 11.3. The van der Waals surface area contributed by atoms with Crippen molar-refractivity contribution in [3.63, 3.8) is 0 Å². The minimum atomic E-state index is -0.986. The standard InChI is InChI=1S/C26H33Cl2NO4.ClH/c1-15(25(31)32)20-9-10-22(24(28)23(20)27)33-16(2)21(30)14-29-26(3,4)13-17-11-18-7-5-6-8-19(18)12-17;/h5-10,15-17,21,29-30H,11-14H2,1-4H3,(H,31,32);1H. The van der Waals surface area contributed by atoms with Crippen LogP contribution in [-0.2, 0) is 17.6 Å². The van der Waals surface area contributed by atoms with Crippen molar-refractivity contribution in [3.8, 4) is 5.75 Å². The fourth-order valence-corrected chi connectivity index (χ4v) is 5.06. The quantitative estimate of drug-likeness (QED) is 0.356. The molecule has 0 radical (unpaired) electrons. The Balaban J connectivity index is 0.00000408. The number of benzene rings is 2. The van der Waals surface area contributed by atoms with E-state index in [1.54, 1.807) is 26.0 Å². The summed E-state index contributed by atoms with van der Waals surface area (Å²) in [7, 11) is 0. The third-order valence-electron chi connectivity index (χ3n) is 6.49. The van der Waals surface area contributed by atoms with Crippen LogP contribution in [0.1, 0.15) is 56.7 Å². The average Bonchev–Trinajstić information content (AvgIpc) is 3.16. The van der Waals surface area contributed by atoms with Gasteiger partial charge >= 0.3 is 5.97 Å². The van der Waals surface area contributed by atoms with Gasteiger partial charge in [0.15, 0.2) is 0 Å². The van der Waals surface area contributed by atoms with E-state index in [0.29, 0.717) is 23.8 Å². The van der Waals surface area contributed by atoms with Crippen LogP contribution in [0.5, 0.6) is 5.75 Å². The molecule has 1 aliphatic rings. The molecule has 2 aromatic carbocycles. The Morgan fingerprint density at radius 3 is 2.26 bits per heavy atom. The summed E-state index contributed by atoms with van der Waals surface area (Å²) in [5.74, 6) is -0.868. The second-order valence-electron chi connectivity index (χ2n) is 9.74. The summed E-state index contributed by atoms with van der Waals surface area (Å²) in [5, 5.41) is 23.7. The second-order valence-corrected chi connectivity index (χ2v) is 10.5. The molecule has 2 aromatic rings. The Morgan fingerprint density at radius 1 is 1.12 bits per heavy atom. The summed E-state index contributed by atoms with van der Waals surface area (Å²) in [6, 6.07) is 11.8. The molecule has 8 heteroatoms. The van der Waals surface area contributed by atoms with Gasteiger partial charge < -0.3 is 20.3 Å². The van der Waals surface area contributed by atoms with Crippen LogP contribution in [0.3, 0.4) is 0 Å². The topological polar surface area (TPSA) is 78.8 Å². The fourth-order valence-electron chi connectivity index (χ4n) is 4.52. The molecular weight excluding hydrogens is 497 g/mol. The first-order valence-corrected chi connectivity index (χ1v) is 12.1. The maximum atomic E-state index is 11.3. The van der Waals surface area contributed by atoms with E-state index in [1.165, 1.54) is 11.1 Å². The Labute approximate surface area is 218 Å². The molecule has 0 saturated carbocycles. The number of hydrogen-bond acceptors (Lipinski definition) is 4. The van der Waals surface area contributed by atoms with E-state index in [1.807, 2.05) is 0 Å². The van der Waals surface area contributed by atoms with Crippen LogP contribution in [-0.4, -0.2) is 40.5 Å². The lowest BCUT2D eigenvalue weighted by Gasteiger charge is -2.32. The molecule has 0 heterocycles. The van der Waals surface area contributed by atoms with Crippen LogP contribution in [0, 0.1) is 5.92 Å². The number of ether oxygens (including phenoxy) is 1. The van der Waals surface area contributed by atoms with Crippen LogP contribution in [0.25, 0.3) is 0 Å². The van der Waals surface area contributed by atoms with E-state index in [4.69, 9.17) is 27.9 Å². The molecular formula is C26H34Cl3NO4. The van der Waals surface area contributed by atoms with E-state index in [-0.39, 0.29) is 28.0 Å². The summed E-state index contributed by atoms with van der Waals surface area (Å²) in [6.07, 6.45) is 1.89. The number of carboxylic acids is 1. The highest BCUT2D eigenvalue weighted by molar-refractivity contribution is 6.43. The van der Waals surface area contributed by atoms with Crippen molar-refractivity contribution in [2.75, 3.05) is 6.54 Å². The van der Waals surface area contributed by atoms with Gasteiger partial charge in [-0.3, -0.25) is 4.79 Å². The van der Waals surface area contributed by atoms with Gasteiger partial charge in [0.05, 0.1) is 10.9 Å². The van der Waals surface area contributed by atoms with Crippen LogP contribution >= 0.6 is 35.6 Å². The molecule has 3 atom stereocenters. The molecule has 1 aliphatic carbocycles. The number of hydrogen-bond donors (Lipinski definition) is 3. The first kappa shape index (κ1) is 28.7. The van der Waals surface area contributed by atoms with Crippen LogP contribution in [0.2, 0.25) is 10.0 Å². The largest absolute Gasteiger partial charge is 0.486 e. The Morgan fingerprint density at radius 2 is 1.71 bits per heavy atom. The summed E-state index contributed by atoms with van der Waals surface area (Å²) in [5.41, 5.74) is 3.18. The summed E-state index contributed by atoms with van der Waals surface area (Å²) in [6.45, 7) is 8.00. The van der Waals surface area contributed by atoms with Gasteiger partial charge in [-0.05, 0) is 75.6 Å². The van der Waals surface area contributed by atoms with Gasteiger partial charge in [0.2, 0.25) is 0 Å². The number of aliphatic hydroxyl groups is 1. The van der Waals surface area contributed by atoms with Crippen molar-refractivity contribution in [1.29, 1.82) is 0 Å². The van der Waals surface area contributed by atoms with E-state index >= 15 is 0 Å².